The molecule has 1 heteroatoms. The van der Waals surface area contributed by atoms with Gasteiger partial charge in [0.1, 0.15) is 0 Å². The Kier molecular flexibility index (Phi) is 4.06. The first kappa shape index (κ1) is 8.44. The van der Waals surface area contributed by atoms with Crippen molar-refractivity contribution in [3.63, 3.8) is 0 Å². The maximum atomic E-state index is 5.10. The van der Waals surface area contributed by atoms with Gasteiger partial charge in [-0.25, -0.2) is 0 Å². The zero-order valence-corrected chi connectivity index (χ0v) is 6.24. The Labute approximate surface area is 57.0 Å². The maximum Gasteiger partial charge on any atom is 0.0713 e. The number of rotatable bonds is 4. The summed E-state index contributed by atoms with van der Waals surface area (Å²) >= 11 is 0. The highest BCUT2D eigenvalue weighted by Gasteiger charge is 1.91. The van der Waals surface area contributed by atoms with Crippen molar-refractivity contribution in [1.82, 2.24) is 0 Å². The molecule has 52 valence electrons. The molecule has 0 saturated heterocycles. The van der Waals surface area contributed by atoms with E-state index in [1.807, 2.05) is 13.8 Å². The quantitative estimate of drug-likeness (QED) is 0.524. The third-order valence-corrected chi connectivity index (χ3v) is 1.08. The highest BCUT2D eigenvalue weighted by molar-refractivity contribution is 5.22. The van der Waals surface area contributed by atoms with Gasteiger partial charge in [-0.3, -0.25) is 0 Å². The van der Waals surface area contributed by atoms with Crippen LogP contribution in [-0.2, 0) is 4.74 Å². The molecule has 0 N–H and O–H groups in total. The molecule has 0 unspecified atom stereocenters. The molecular formula is C8H14O. The molecule has 0 aromatic carbocycles. The van der Waals surface area contributed by atoms with Gasteiger partial charge in [0.25, 0.3) is 0 Å². The van der Waals surface area contributed by atoms with Crippen LogP contribution in [0.25, 0.3) is 0 Å². The van der Waals surface area contributed by atoms with E-state index in [4.69, 9.17) is 4.74 Å². The first-order valence-corrected chi connectivity index (χ1v) is 3.10. The molecule has 0 radical (unpaired) electrons. The van der Waals surface area contributed by atoms with Crippen molar-refractivity contribution in [2.45, 2.75) is 13.8 Å². The van der Waals surface area contributed by atoms with Gasteiger partial charge in [0.15, 0.2) is 0 Å². The smallest absolute Gasteiger partial charge is 0.0713 e. The van der Waals surface area contributed by atoms with Crippen LogP contribution in [0.5, 0.6) is 0 Å². The summed E-state index contributed by atoms with van der Waals surface area (Å²) in [6.07, 6.45) is 0. The molecule has 0 rings (SSSR count). The summed E-state index contributed by atoms with van der Waals surface area (Å²) in [7, 11) is 0. The predicted octanol–water partition coefficient (Wildman–Crippen LogP) is 2.16. The van der Waals surface area contributed by atoms with E-state index < -0.39 is 0 Å². The van der Waals surface area contributed by atoms with Crippen molar-refractivity contribution >= 4 is 0 Å². The second kappa shape index (κ2) is 4.33. The average Bonchev–Trinajstić information content (AvgIpc) is 1.82. The summed E-state index contributed by atoms with van der Waals surface area (Å²) in [5.74, 6) is 0. The van der Waals surface area contributed by atoms with E-state index in [2.05, 4.69) is 13.2 Å². The fourth-order valence-corrected chi connectivity index (χ4v) is 0.348. The normalized spacial score (nSPS) is 9.11. The predicted molar refractivity (Wildman–Crippen MR) is 40.4 cm³/mol. The second-order valence-corrected chi connectivity index (χ2v) is 2.02. The van der Waals surface area contributed by atoms with Crippen LogP contribution in [0, 0.1) is 0 Å². The van der Waals surface area contributed by atoms with Gasteiger partial charge in [0, 0.05) is 6.61 Å². The fourth-order valence-electron chi connectivity index (χ4n) is 0.348. The van der Waals surface area contributed by atoms with Crippen LogP contribution >= 0.6 is 0 Å². The van der Waals surface area contributed by atoms with Gasteiger partial charge in [-0.05, 0) is 19.4 Å². The first-order chi connectivity index (χ1) is 4.18. The number of hydrogen-bond donors (Lipinski definition) is 0. The largest absolute Gasteiger partial charge is 0.377 e. The van der Waals surface area contributed by atoms with Crippen molar-refractivity contribution in [2.75, 3.05) is 13.2 Å². The van der Waals surface area contributed by atoms with Gasteiger partial charge in [-0.2, -0.15) is 0 Å². The van der Waals surface area contributed by atoms with E-state index in [0.717, 1.165) is 17.8 Å². The van der Waals surface area contributed by atoms with Gasteiger partial charge in [-0.15, -0.1) is 0 Å². The van der Waals surface area contributed by atoms with E-state index in [0.29, 0.717) is 6.61 Å². The van der Waals surface area contributed by atoms with Crippen LogP contribution in [0.4, 0.5) is 0 Å². The SMILES string of the molecule is C=C(C)C(=C)COCC. The summed E-state index contributed by atoms with van der Waals surface area (Å²) in [6.45, 7) is 12.8. The number of hydrogen-bond acceptors (Lipinski definition) is 1. The summed E-state index contributed by atoms with van der Waals surface area (Å²) < 4.78 is 5.10. The summed E-state index contributed by atoms with van der Waals surface area (Å²) in [5.41, 5.74) is 1.99. The van der Waals surface area contributed by atoms with E-state index in [1.54, 1.807) is 0 Å². The van der Waals surface area contributed by atoms with E-state index in [9.17, 15) is 0 Å². The topological polar surface area (TPSA) is 9.23 Å². The minimum Gasteiger partial charge on any atom is -0.377 e. The zero-order valence-electron chi connectivity index (χ0n) is 6.24. The molecule has 0 aliphatic carbocycles. The van der Waals surface area contributed by atoms with Crippen molar-refractivity contribution in [2.24, 2.45) is 0 Å². The van der Waals surface area contributed by atoms with Crippen LogP contribution in [-0.4, -0.2) is 13.2 Å². The lowest BCUT2D eigenvalue weighted by atomic mass is 10.2. The highest BCUT2D eigenvalue weighted by Crippen LogP contribution is 2.02. The monoisotopic (exact) mass is 126 g/mol. The summed E-state index contributed by atoms with van der Waals surface area (Å²) in [5, 5.41) is 0. The van der Waals surface area contributed by atoms with Crippen LogP contribution in [0.2, 0.25) is 0 Å². The molecule has 0 fully saturated rings. The van der Waals surface area contributed by atoms with Gasteiger partial charge in [0.05, 0.1) is 6.61 Å². The molecule has 0 bridgehead atoms. The van der Waals surface area contributed by atoms with Crippen LogP contribution in [0.3, 0.4) is 0 Å². The first-order valence-electron chi connectivity index (χ1n) is 3.10. The maximum absolute atomic E-state index is 5.10. The molecule has 0 aromatic rings. The second-order valence-electron chi connectivity index (χ2n) is 2.02. The molecule has 9 heavy (non-hydrogen) atoms. The fraction of sp³-hybridized carbons (Fsp3) is 0.500. The van der Waals surface area contributed by atoms with Crippen molar-refractivity contribution < 1.29 is 4.74 Å². The minimum absolute atomic E-state index is 0.617. The van der Waals surface area contributed by atoms with Gasteiger partial charge < -0.3 is 4.74 Å². The molecule has 0 spiro atoms. The highest BCUT2D eigenvalue weighted by atomic mass is 16.5. The molecule has 0 aromatic heterocycles. The molecule has 0 aliphatic rings. The van der Waals surface area contributed by atoms with Crippen molar-refractivity contribution in [1.29, 1.82) is 0 Å². The minimum atomic E-state index is 0.617. The zero-order chi connectivity index (χ0) is 7.28. The lowest BCUT2D eigenvalue weighted by Gasteiger charge is -2.02. The Morgan fingerprint density at radius 1 is 1.44 bits per heavy atom. The molecule has 0 heterocycles. The average molecular weight is 126 g/mol. The van der Waals surface area contributed by atoms with Gasteiger partial charge in [-0.1, -0.05) is 18.7 Å². The number of ether oxygens (including phenoxy) is 1. The van der Waals surface area contributed by atoms with Crippen molar-refractivity contribution in [3.8, 4) is 0 Å². The lowest BCUT2D eigenvalue weighted by Crippen LogP contribution is -1.96. The summed E-state index contributed by atoms with van der Waals surface area (Å²) in [4.78, 5) is 0. The van der Waals surface area contributed by atoms with Crippen LogP contribution in [0.1, 0.15) is 13.8 Å². The Morgan fingerprint density at radius 2 is 2.00 bits per heavy atom. The van der Waals surface area contributed by atoms with E-state index in [-0.39, 0.29) is 0 Å². The third kappa shape index (κ3) is 3.98. The Hall–Kier alpha value is -0.560. The molecule has 0 amide bonds. The third-order valence-electron chi connectivity index (χ3n) is 1.08. The summed E-state index contributed by atoms with van der Waals surface area (Å²) in [6, 6.07) is 0. The Morgan fingerprint density at radius 3 is 2.33 bits per heavy atom. The van der Waals surface area contributed by atoms with Crippen LogP contribution in [0.15, 0.2) is 24.3 Å². The van der Waals surface area contributed by atoms with E-state index >= 15 is 0 Å². The standard InChI is InChI=1S/C8H14O/c1-5-9-6-8(4)7(2)3/h2,4-6H2,1,3H3. The molecule has 0 atom stereocenters. The van der Waals surface area contributed by atoms with Gasteiger partial charge in [0.2, 0.25) is 0 Å². The van der Waals surface area contributed by atoms with Gasteiger partial charge >= 0.3 is 0 Å². The van der Waals surface area contributed by atoms with E-state index in [1.165, 1.54) is 0 Å². The molecule has 1 nitrogen and oxygen atoms in total. The molecular weight excluding hydrogens is 112 g/mol. The Balaban J connectivity index is 3.39. The molecule has 0 saturated carbocycles. The Bertz CT molecular complexity index is 114. The van der Waals surface area contributed by atoms with Crippen molar-refractivity contribution in [3.05, 3.63) is 24.3 Å². The van der Waals surface area contributed by atoms with Crippen LogP contribution < -0.4 is 0 Å². The molecule has 0 aliphatic heterocycles. The lowest BCUT2D eigenvalue weighted by molar-refractivity contribution is 0.172.